The van der Waals surface area contributed by atoms with Crippen LogP contribution in [0.4, 0.5) is 5.95 Å². The van der Waals surface area contributed by atoms with Crippen molar-refractivity contribution in [2.75, 3.05) is 12.8 Å². The molecule has 0 amide bonds. The van der Waals surface area contributed by atoms with Crippen LogP contribution in [0.3, 0.4) is 0 Å². The third kappa shape index (κ3) is 2.14. The molecular formula is C14H17N3O. The van der Waals surface area contributed by atoms with Crippen LogP contribution in [0, 0.1) is 20.8 Å². The highest BCUT2D eigenvalue weighted by Crippen LogP contribution is 2.30. The van der Waals surface area contributed by atoms with Gasteiger partial charge < -0.3 is 10.5 Å². The lowest BCUT2D eigenvalue weighted by Crippen LogP contribution is -2.00. The largest absolute Gasteiger partial charge is 0.496 e. The number of hydrogen-bond acceptors (Lipinski definition) is 4. The van der Waals surface area contributed by atoms with Crippen LogP contribution in [0.15, 0.2) is 18.2 Å². The SMILES string of the molecule is COc1ccc(-c2cc(C)nc(N)n2)c(C)c1C. The quantitative estimate of drug-likeness (QED) is 0.880. The molecule has 4 heteroatoms. The van der Waals surface area contributed by atoms with Crippen molar-refractivity contribution in [1.29, 1.82) is 0 Å². The second kappa shape index (κ2) is 4.64. The molecule has 0 bridgehead atoms. The number of hydrogen-bond donors (Lipinski definition) is 1. The number of nitrogen functional groups attached to an aromatic ring is 1. The van der Waals surface area contributed by atoms with E-state index in [-0.39, 0.29) is 0 Å². The average Bonchev–Trinajstić information content (AvgIpc) is 2.31. The van der Waals surface area contributed by atoms with Crippen LogP contribution < -0.4 is 10.5 Å². The molecule has 2 rings (SSSR count). The molecule has 0 aliphatic heterocycles. The summed E-state index contributed by atoms with van der Waals surface area (Å²) in [5.74, 6) is 1.19. The molecule has 94 valence electrons. The number of anilines is 1. The summed E-state index contributed by atoms with van der Waals surface area (Å²) in [7, 11) is 1.67. The van der Waals surface area contributed by atoms with E-state index in [1.54, 1.807) is 7.11 Å². The van der Waals surface area contributed by atoms with Gasteiger partial charge in [-0.3, -0.25) is 0 Å². The number of benzene rings is 1. The third-order valence-electron chi connectivity index (χ3n) is 3.10. The maximum absolute atomic E-state index is 5.69. The molecular weight excluding hydrogens is 226 g/mol. The smallest absolute Gasteiger partial charge is 0.220 e. The van der Waals surface area contributed by atoms with Crippen LogP contribution in [0.25, 0.3) is 11.3 Å². The minimum absolute atomic E-state index is 0.304. The zero-order chi connectivity index (χ0) is 13.3. The van der Waals surface area contributed by atoms with Gasteiger partial charge in [0.05, 0.1) is 12.8 Å². The number of rotatable bonds is 2. The fraction of sp³-hybridized carbons (Fsp3) is 0.286. The molecule has 18 heavy (non-hydrogen) atoms. The summed E-state index contributed by atoms with van der Waals surface area (Å²) in [5, 5.41) is 0. The first-order valence-corrected chi connectivity index (χ1v) is 5.78. The molecule has 1 aromatic heterocycles. The Kier molecular flexibility index (Phi) is 3.19. The van der Waals surface area contributed by atoms with Gasteiger partial charge in [0, 0.05) is 11.3 Å². The zero-order valence-corrected chi connectivity index (χ0v) is 11.1. The molecule has 0 aliphatic rings. The van der Waals surface area contributed by atoms with E-state index in [2.05, 4.69) is 16.9 Å². The molecule has 0 unspecified atom stereocenters. The van der Waals surface area contributed by atoms with Crippen molar-refractivity contribution in [1.82, 2.24) is 9.97 Å². The number of ether oxygens (including phenoxy) is 1. The van der Waals surface area contributed by atoms with Crippen LogP contribution in [0.1, 0.15) is 16.8 Å². The standard InChI is InChI=1S/C14H17N3O/c1-8-7-12(17-14(15)16-8)11-5-6-13(18-4)10(3)9(11)2/h5-7H,1-4H3,(H2,15,16,17). The van der Waals surface area contributed by atoms with Gasteiger partial charge in [0.1, 0.15) is 5.75 Å². The van der Waals surface area contributed by atoms with Crippen LogP contribution >= 0.6 is 0 Å². The molecule has 0 saturated carbocycles. The van der Waals surface area contributed by atoms with Gasteiger partial charge in [-0.1, -0.05) is 0 Å². The summed E-state index contributed by atoms with van der Waals surface area (Å²) < 4.78 is 5.31. The second-order valence-corrected chi connectivity index (χ2v) is 4.32. The van der Waals surface area contributed by atoms with Gasteiger partial charge in [-0.05, 0) is 50.1 Å². The van der Waals surface area contributed by atoms with Gasteiger partial charge in [0.25, 0.3) is 0 Å². The highest BCUT2D eigenvalue weighted by atomic mass is 16.5. The van der Waals surface area contributed by atoms with E-state index >= 15 is 0 Å². The van der Waals surface area contributed by atoms with Crippen LogP contribution in [0.2, 0.25) is 0 Å². The molecule has 0 radical (unpaired) electrons. The summed E-state index contributed by atoms with van der Waals surface area (Å²) in [5.41, 5.74) is 10.7. The average molecular weight is 243 g/mol. The summed E-state index contributed by atoms with van der Waals surface area (Å²) >= 11 is 0. The minimum atomic E-state index is 0.304. The van der Waals surface area contributed by atoms with Crippen molar-refractivity contribution >= 4 is 5.95 Å². The summed E-state index contributed by atoms with van der Waals surface area (Å²) in [6.45, 7) is 6.00. The monoisotopic (exact) mass is 243 g/mol. The van der Waals surface area contributed by atoms with Crippen molar-refractivity contribution in [3.63, 3.8) is 0 Å². The predicted octanol–water partition coefficient (Wildman–Crippen LogP) is 2.66. The molecule has 0 spiro atoms. The highest BCUT2D eigenvalue weighted by Gasteiger charge is 2.10. The van der Waals surface area contributed by atoms with Crippen molar-refractivity contribution in [3.8, 4) is 17.0 Å². The molecule has 1 heterocycles. The van der Waals surface area contributed by atoms with E-state index in [4.69, 9.17) is 10.5 Å². The first-order valence-electron chi connectivity index (χ1n) is 5.78. The Labute approximate surface area is 107 Å². The van der Waals surface area contributed by atoms with Gasteiger partial charge >= 0.3 is 0 Å². The molecule has 2 aromatic rings. The Morgan fingerprint density at radius 1 is 1.06 bits per heavy atom. The number of aryl methyl sites for hydroxylation is 1. The minimum Gasteiger partial charge on any atom is -0.496 e. The molecule has 4 nitrogen and oxygen atoms in total. The van der Waals surface area contributed by atoms with Gasteiger partial charge in [-0.2, -0.15) is 0 Å². The van der Waals surface area contributed by atoms with E-state index in [1.807, 2.05) is 32.0 Å². The summed E-state index contributed by atoms with van der Waals surface area (Å²) in [6.07, 6.45) is 0. The maximum atomic E-state index is 5.69. The second-order valence-electron chi connectivity index (χ2n) is 4.32. The molecule has 1 aromatic carbocycles. The fourth-order valence-electron chi connectivity index (χ4n) is 2.02. The topological polar surface area (TPSA) is 61.0 Å². The van der Waals surface area contributed by atoms with Crippen molar-refractivity contribution in [2.24, 2.45) is 0 Å². The third-order valence-corrected chi connectivity index (χ3v) is 3.10. The highest BCUT2D eigenvalue weighted by molar-refractivity contribution is 5.68. The molecule has 0 saturated heterocycles. The Hall–Kier alpha value is -2.10. The molecule has 0 fully saturated rings. The van der Waals surface area contributed by atoms with Gasteiger partial charge in [0.2, 0.25) is 5.95 Å². The van der Waals surface area contributed by atoms with Crippen molar-refractivity contribution in [3.05, 3.63) is 35.0 Å². The lowest BCUT2D eigenvalue weighted by Gasteiger charge is -2.12. The van der Waals surface area contributed by atoms with Gasteiger partial charge in [0.15, 0.2) is 0 Å². The molecule has 0 atom stereocenters. The number of aromatic nitrogens is 2. The van der Waals surface area contributed by atoms with E-state index in [9.17, 15) is 0 Å². The summed E-state index contributed by atoms with van der Waals surface area (Å²) in [4.78, 5) is 8.38. The first-order chi connectivity index (χ1) is 8.52. The van der Waals surface area contributed by atoms with Crippen LogP contribution in [-0.2, 0) is 0 Å². The lowest BCUT2D eigenvalue weighted by atomic mass is 9.99. The number of nitrogens with two attached hydrogens (primary N) is 1. The van der Waals surface area contributed by atoms with E-state index in [0.717, 1.165) is 33.8 Å². The van der Waals surface area contributed by atoms with Crippen LogP contribution in [-0.4, -0.2) is 17.1 Å². The van der Waals surface area contributed by atoms with E-state index in [1.165, 1.54) is 0 Å². The maximum Gasteiger partial charge on any atom is 0.220 e. The summed E-state index contributed by atoms with van der Waals surface area (Å²) in [6, 6.07) is 5.89. The van der Waals surface area contributed by atoms with Crippen molar-refractivity contribution in [2.45, 2.75) is 20.8 Å². The molecule has 0 aliphatic carbocycles. The van der Waals surface area contributed by atoms with Gasteiger partial charge in [-0.25, -0.2) is 9.97 Å². The van der Waals surface area contributed by atoms with E-state index in [0.29, 0.717) is 5.95 Å². The number of nitrogens with zero attached hydrogens (tertiary/aromatic N) is 2. The normalized spacial score (nSPS) is 10.4. The number of methoxy groups -OCH3 is 1. The Morgan fingerprint density at radius 3 is 2.39 bits per heavy atom. The predicted molar refractivity (Wildman–Crippen MR) is 72.6 cm³/mol. The lowest BCUT2D eigenvalue weighted by molar-refractivity contribution is 0.411. The molecule has 2 N–H and O–H groups in total. The van der Waals surface area contributed by atoms with Crippen LogP contribution in [0.5, 0.6) is 5.75 Å². The first kappa shape index (κ1) is 12.4. The fourth-order valence-corrected chi connectivity index (χ4v) is 2.02. The Morgan fingerprint density at radius 2 is 1.78 bits per heavy atom. The Balaban J connectivity index is 2.61. The van der Waals surface area contributed by atoms with Crippen molar-refractivity contribution < 1.29 is 4.74 Å². The Bertz CT molecular complexity index is 574. The van der Waals surface area contributed by atoms with Gasteiger partial charge in [-0.15, -0.1) is 0 Å². The van der Waals surface area contributed by atoms with E-state index < -0.39 is 0 Å². The zero-order valence-electron chi connectivity index (χ0n) is 11.1.